The number of aryl methyl sites for hydroxylation is 1. The smallest absolute Gasteiger partial charge is 0.243 e. The summed E-state index contributed by atoms with van der Waals surface area (Å²) in [7, 11) is 0. The van der Waals surface area contributed by atoms with Crippen molar-refractivity contribution in [3.05, 3.63) is 106 Å². The van der Waals surface area contributed by atoms with Gasteiger partial charge in [-0.05, 0) is 54.7 Å². The molecule has 3 rings (SSSR count). The first-order chi connectivity index (χ1) is 17.4. The Morgan fingerprint density at radius 2 is 1.61 bits per heavy atom. The van der Waals surface area contributed by atoms with E-state index in [2.05, 4.69) is 40.3 Å². The highest BCUT2D eigenvalue weighted by Gasteiger charge is 2.30. The lowest BCUT2D eigenvalue weighted by molar-refractivity contribution is -0.139. The van der Waals surface area contributed by atoms with Crippen LogP contribution in [0, 0.1) is 6.92 Å². The minimum atomic E-state index is -0.600. The molecule has 0 aromatic heterocycles. The molecule has 0 bridgehead atoms. The molecule has 4 nitrogen and oxygen atoms in total. The van der Waals surface area contributed by atoms with Crippen molar-refractivity contribution < 1.29 is 9.59 Å². The van der Waals surface area contributed by atoms with Crippen LogP contribution in [0.4, 0.5) is 0 Å². The number of hydrogen-bond acceptors (Lipinski definition) is 3. The molecule has 36 heavy (non-hydrogen) atoms. The van der Waals surface area contributed by atoms with Gasteiger partial charge in [0, 0.05) is 29.2 Å². The summed E-state index contributed by atoms with van der Waals surface area (Å²) in [4.78, 5) is 29.0. The van der Waals surface area contributed by atoms with E-state index in [1.807, 2.05) is 80.6 Å². The third-order valence-electron chi connectivity index (χ3n) is 6.28. The number of halogens is 1. The van der Waals surface area contributed by atoms with E-state index < -0.39 is 6.04 Å². The summed E-state index contributed by atoms with van der Waals surface area (Å²) in [5.74, 6) is 0.930. The lowest BCUT2D eigenvalue weighted by atomic mass is 10.0. The fourth-order valence-electron chi connectivity index (χ4n) is 3.88. The van der Waals surface area contributed by atoms with Crippen molar-refractivity contribution in [1.82, 2.24) is 10.2 Å². The van der Waals surface area contributed by atoms with Crippen LogP contribution in [-0.4, -0.2) is 34.6 Å². The minimum absolute atomic E-state index is 0.0308. The van der Waals surface area contributed by atoms with Crippen molar-refractivity contribution in [2.75, 3.05) is 5.75 Å². The molecule has 0 radical (unpaired) electrons. The second-order valence-electron chi connectivity index (χ2n) is 9.09. The van der Waals surface area contributed by atoms with Gasteiger partial charge in [-0.1, -0.05) is 89.6 Å². The fourth-order valence-corrected chi connectivity index (χ4v) is 5.14. The molecule has 0 fully saturated rings. The maximum Gasteiger partial charge on any atom is 0.243 e. The van der Waals surface area contributed by atoms with Gasteiger partial charge >= 0.3 is 0 Å². The summed E-state index contributed by atoms with van der Waals surface area (Å²) >= 11 is 5.08. The number of benzene rings is 3. The zero-order valence-corrected chi connectivity index (χ0v) is 23.6. The van der Waals surface area contributed by atoms with Crippen molar-refractivity contribution >= 4 is 39.5 Å². The Morgan fingerprint density at radius 1 is 0.944 bits per heavy atom. The lowest BCUT2D eigenvalue weighted by Crippen LogP contribution is -2.52. The van der Waals surface area contributed by atoms with Gasteiger partial charge in [0.15, 0.2) is 0 Å². The summed E-state index contributed by atoms with van der Waals surface area (Å²) < 4.78 is 0.980. The predicted octanol–water partition coefficient (Wildman–Crippen LogP) is 6.55. The zero-order valence-electron chi connectivity index (χ0n) is 21.2. The van der Waals surface area contributed by atoms with Crippen LogP contribution in [0.15, 0.2) is 83.3 Å². The van der Waals surface area contributed by atoms with Crippen LogP contribution in [0.1, 0.15) is 42.5 Å². The highest BCUT2D eigenvalue weighted by molar-refractivity contribution is 9.10. The number of nitrogens with zero attached hydrogens (tertiary/aromatic N) is 1. The summed E-state index contributed by atoms with van der Waals surface area (Å²) in [6.07, 6.45) is 1.30. The van der Waals surface area contributed by atoms with Crippen LogP contribution in [0.5, 0.6) is 0 Å². The second kappa shape index (κ2) is 14.2. The zero-order chi connectivity index (χ0) is 25.9. The maximum atomic E-state index is 13.7. The number of thioether (sulfide) groups is 1. The highest BCUT2D eigenvalue weighted by atomic mass is 79.9. The molecule has 190 valence electrons. The molecule has 6 heteroatoms. The molecule has 0 aliphatic heterocycles. The Labute approximate surface area is 228 Å². The Kier molecular flexibility index (Phi) is 11.1. The quantitative estimate of drug-likeness (QED) is 0.270. The summed E-state index contributed by atoms with van der Waals surface area (Å²) in [6.45, 7) is 6.51. The van der Waals surface area contributed by atoms with Crippen LogP contribution in [0.25, 0.3) is 0 Å². The minimum Gasteiger partial charge on any atom is -0.352 e. The molecule has 3 aromatic rings. The standard InChI is InChI=1S/C30H35BrN2O2S/c1-4-23(3)32-30(35)28(18-24-11-6-5-7-12-24)33(19-25-14-16-27(31)17-15-25)29(34)21-36-20-26-13-9-8-10-22(26)2/h5-17,23,28H,4,18-21H2,1-3H3,(H,32,35)/t23-,28+/m0/s1. The van der Waals surface area contributed by atoms with Crippen LogP contribution in [0.3, 0.4) is 0 Å². The Bertz CT molecular complexity index is 1120. The van der Waals surface area contributed by atoms with Crippen molar-refractivity contribution in [2.24, 2.45) is 0 Å². The highest BCUT2D eigenvalue weighted by Crippen LogP contribution is 2.21. The molecular weight excluding hydrogens is 532 g/mol. The van der Waals surface area contributed by atoms with E-state index in [4.69, 9.17) is 0 Å². The van der Waals surface area contributed by atoms with Crippen LogP contribution < -0.4 is 5.32 Å². The van der Waals surface area contributed by atoms with E-state index in [-0.39, 0.29) is 17.9 Å². The number of amides is 2. The molecule has 2 atom stereocenters. The second-order valence-corrected chi connectivity index (χ2v) is 11.0. The first kappa shape index (κ1) is 28.0. The number of hydrogen-bond donors (Lipinski definition) is 1. The molecule has 0 unspecified atom stereocenters. The van der Waals surface area contributed by atoms with Crippen LogP contribution >= 0.6 is 27.7 Å². The van der Waals surface area contributed by atoms with Gasteiger partial charge in [-0.25, -0.2) is 0 Å². The SMILES string of the molecule is CC[C@H](C)NC(=O)[C@@H](Cc1ccccc1)N(Cc1ccc(Br)cc1)C(=O)CSCc1ccccc1C. The topological polar surface area (TPSA) is 49.4 Å². The predicted molar refractivity (Wildman–Crippen MR) is 154 cm³/mol. The molecular formula is C30H35BrN2O2S. The van der Waals surface area contributed by atoms with Crippen molar-refractivity contribution in [2.45, 2.75) is 58.0 Å². The molecule has 0 saturated heterocycles. The van der Waals surface area contributed by atoms with E-state index in [9.17, 15) is 9.59 Å². The molecule has 0 aliphatic carbocycles. The van der Waals surface area contributed by atoms with Crippen molar-refractivity contribution in [3.8, 4) is 0 Å². The van der Waals surface area contributed by atoms with E-state index in [1.165, 1.54) is 11.1 Å². The first-order valence-corrected chi connectivity index (χ1v) is 14.3. The van der Waals surface area contributed by atoms with Gasteiger partial charge in [0.1, 0.15) is 6.04 Å². The molecule has 0 aliphatic rings. The fraction of sp³-hybridized carbons (Fsp3) is 0.333. The molecule has 0 saturated carbocycles. The van der Waals surface area contributed by atoms with Gasteiger partial charge in [-0.15, -0.1) is 11.8 Å². The van der Waals surface area contributed by atoms with Gasteiger partial charge in [-0.3, -0.25) is 9.59 Å². The third-order valence-corrected chi connectivity index (χ3v) is 7.78. The number of nitrogens with one attached hydrogen (secondary N) is 1. The number of carbonyl (C=O) groups is 2. The third kappa shape index (κ3) is 8.52. The monoisotopic (exact) mass is 566 g/mol. The molecule has 1 N–H and O–H groups in total. The molecule has 3 aromatic carbocycles. The number of carbonyl (C=O) groups excluding carboxylic acids is 2. The summed E-state index contributed by atoms with van der Waals surface area (Å²) in [5.41, 5.74) is 4.47. The van der Waals surface area contributed by atoms with E-state index >= 15 is 0 Å². The van der Waals surface area contributed by atoms with Gasteiger partial charge in [0.05, 0.1) is 5.75 Å². The van der Waals surface area contributed by atoms with E-state index in [0.717, 1.165) is 27.8 Å². The Hall–Kier alpha value is -2.57. The Morgan fingerprint density at radius 3 is 2.28 bits per heavy atom. The van der Waals surface area contributed by atoms with Crippen LogP contribution in [0.2, 0.25) is 0 Å². The van der Waals surface area contributed by atoms with Crippen molar-refractivity contribution in [1.29, 1.82) is 0 Å². The van der Waals surface area contributed by atoms with E-state index in [0.29, 0.717) is 18.7 Å². The molecule has 0 heterocycles. The number of rotatable bonds is 12. The molecule has 0 spiro atoms. The summed E-state index contributed by atoms with van der Waals surface area (Å²) in [6, 6.07) is 25.5. The first-order valence-electron chi connectivity index (χ1n) is 12.4. The largest absolute Gasteiger partial charge is 0.352 e. The maximum absolute atomic E-state index is 13.7. The van der Waals surface area contributed by atoms with Gasteiger partial charge in [0.25, 0.3) is 0 Å². The normalized spacial score (nSPS) is 12.6. The van der Waals surface area contributed by atoms with E-state index in [1.54, 1.807) is 16.7 Å². The molecule has 2 amide bonds. The average Bonchev–Trinajstić information content (AvgIpc) is 2.88. The van der Waals surface area contributed by atoms with Crippen LogP contribution in [-0.2, 0) is 28.3 Å². The Balaban J connectivity index is 1.85. The average molecular weight is 568 g/mol. The van der Waals surface area contributed by atoms with Gasteiger partial charge < -0.3 is 10.2 Å². The van der Waals surface area contributed by atoms with Gasteiger partial charge in [0.2, 0.25) is 11.8 Å². The lowest BCUT2D eigenvalue weighted by Gasteiger charge is -2.32. The van der Waals surface area contributed by atoms with Crippen molar-refractivity contribution in [3.63, 3.8) is 0 Å². The van der Waals surface area contributed by atoms with Gasteiger partial charge in [-0.2, -0.15) is 0 Å². The summed E-state index contributed by atoms with van der Waals surface area (Å²) in [5, 5.41) is 3.12.